The lowest BCUT2D eigenvalue weighted by Crippen LogP contribution is -2.42. The number of fused-ring (bicyclic) bond motifs is 3. The van der Waals surface area contributed by atoms with Crippen LogP contribution in [0.25, 0.3) is 11.1 Å². The Kier molecular flexibility index (Phi) is 5.04. The molecule has 5 rings (SSSR count). The van der Waals surface area contributed by atoms with Gasteiger partial charge in [-0.25, -0.2) is 0 Å². The molecule has 32 heavy (non-hydrogen) atoms. The molecule has 168 valence electrons. The first-order chi connectivity index (χ1) is 15.1. The summed E-state index contributed by atoms with van der Waals surface area (Å²) in [5, 5.41) is 0. The molecule has 0 amide bonds. The van der Waals surface area contributed by atoms with E-state index in [2.05, 4.69) is 97.0 Å². The van der Waals surface area contributed by atoms with Crippen molar-refractivity contribution in [1.82, 2.24) is 0 Å². The zero-order valence-corrected chi connectivity index (χ0v) is 20.8. The number of benzene rings is 2. The third kappa shape index (κ3) is 3.08. The fourth-order valence-corrected chi connectivity index (χ4v) is 6.22. The standard InChI is InChI=1S/C29H37BO2/c1-8-20-16-19(2)17-21(18-20)29(7)24-14-10-9-12-22(24)23-13-11-15-25(26(23)29)30-31-27(3,4)28(5,6)32-30/h9-15,17,19-20H,8,16,18H2,1-7H3. The van der Waals surface area contributed by atoms with Gasteiger partial charge in [0.2, 0.25) is 0 Å². The van der Waals surface area contributed by atoms with Gasteiger partial charge in [-0.3, -0.25) is 0 Å². The number of rotatable bonds is 3. The molecule has 3 heteroatoms. The smallest absolute Gasteiger partial charge is 0.399 e. The van der Waals surface area contributed by atoms with E-state index in [4.69, 9.17) is 9.31 Å². The second kappa shape index (κ2) is 7.33. The van der Waals surface area contributed by atoms with Crippen molar-refractivity contribution >= 4 is 12.6 Å². The third-order valence-electron chi connectivity index (χ3n) is 8.78. The lowest BCUT2D eigenvalue weighted by molar-refractivity contribution is 0.00578. The molecule has 2 nitrogen and oxygen atoms in total. The van der Waals surface area contributed by atoms with E-state index in [-0.39, 0.29) is 23.7 Å². The largest absolute Gasteiger partial charge is 0.495 e. The summed E-state index contributed by atoms with van der Waals surface area (Å²) in [4.78, 5) is 0. The summed E-state index contributed by atoms with van der Waals surface area (Å²) in [5.41, 5.74) is 7.39. The van der Waals surface area contributed by atoms with Crippen molar-refractivity contribution in [3.8, 4) is 11.1 Å². The van der Waals surface area contributed by atoms with E-state index < -0.39 is 0 Å². The summed E-state index contributed by atoms with van der Waals surface area (Å²) >= 11 is 0. The number of allylic oxidation sites excluding steroid dienone is 2. The predicted octanol–water partition coefficient (Wildman–Crippen LogP) is 6.65. The second-order valence-corrected chi connectivity index (χ2v) is 11.4. The van der Waals surface area contributed by atoms with Crippen molar-refractivity contribution in [2.24, 2.45) is 11.8 Å². The van der Waals surface area contributed by atoms with Crippen LogP contribution >= 0.6 is 0 Å². The van der Waals surface area contributed by atoms with Gasteiger partial charge in [-0.1, -0.05) is 74.4 Å². The molecule has 0 radical (unpaired) electrons. The van der Waals surface area contributed by atoms with Crippen LogP contribution in [-0.2, 0) is 14.7 Å². The molecule has 3 atom stereocenters. The van der Waals surface area contributed by atoms with Crippen LogP contribution in [0.4, 0.5) is 0 Å². The summed E-state index contributed by atoms with van der Waals surface area (Å²) in [7, 11) is -0.354. The first kappa shape index (κ1) is 22.0. The highest BCUT2D eigenvalue weighted by Gasteiger charge is 2.54. The Morgan fingerprint density at radius 1 is 0.906 bits per heavy atom. The summed E-state index contributed by atoms with van der Waals surface area (Å²) in [5.74, 6) is 1.36. The van der Waals surface area contributed by atoms with Crippen molar-refractivity contribution in [1.29, 1.82) is 0 Å². The van der Waals surface area contributed by atoms with Gasteiger partial charge >= 0.3 is 7.12 Å². The van der Waals surface area contributed by atoms with E-state index in [1.807, 2.05) is 0 Å². The Hall–Kier alpha value is -1.84. The van der Waals surface area contributed by atoms with E-state index in [1.54, 1.807) is 5.57 Å². The summed E-state index contributed by atoms with van der Waals surface area (Å²) in [6, 6.07) is 15.7. The van der Waals surface area contributed by atoms with Gasteiger partial charge in [-0.15, -0.1) is 0 Å². The Bertz CT molecular complexity index is 1070. The molecular formula is C29H37BO2. The van der Waals surface area contributed by atoms with Crippen LogP contribution in [0.15, 0.2) is 54.1 Å². The summed E-state index contributed by atoms with van der Waals surface area (Å²) in [6.07, 6.45) is 6.27. The second-order valence-electron chi connectivity index (χ2n) is 11.4. The van der Waals surface area contributed by atoms with Crippen molar-refractivity contribution < 1.29 is 9.31 Å². The highest BCUT2D eigenvalue weighted by molar-refractivity contribution is 6.63. The zero-order valence-electron chi connectivity index (χ0n) is 20.8. The van der Waals surface area contributed by atoms with Gasteiger partial charge in [0.15, 0.2) is 0 Å². The molecule has 3 unspecified atom stereocenters. The quantitative estimate of drug-likeness (QED) is 0.402. The first-order valence-corrected chi connectivity index (χ1v) is 12.4. The molecule has 3 aliphatic rings. The van der Waals surface area contributed by atoms with E-state index in [0.717, 1.165) is 5.92 Å². The molecule has 0 spiro atoms. The Morgan fingerprint density at radius 2 is 1.56 bits per heavy atom. The van der Waals surface area contributed by atoms with Crippen LogP contribution in [0.3, 0.4) is 0 Å². The molecular weight excluding hydrogens is 391 g/mol. The molecule has 0 saturated carbocycles. The maximum absolute atomic E-state index is 6.58. The minimum absolute atomic E-state index is 0.159. The van der Waals surface area contributed by atoms with E-state index in [1.165, 1.54) is 47.0 Å². The molecule has 1 fully saturated rings. The van der Waals surface area contributed by atoms with Crippen LogP contribution in [0.2, 0.25) is 0 Å². The molecule has 1 saturated heterocycles. The van der Waals surface area contributed by atoms with Gasteiger partial charge in [0.25, 0.3) is 0 Å². The molecule has 0 bridgehead atoms. The van der Waals surface area contributed by atoms with Crippen molar-refractivity contribution in [2.75, 3.05) is 0 Å². The fourth-order valence-electron chi connectivity index (χ4n) is 6.22. The fraction of sp³-hybridized carbons (Fsp3) is 0.517. The Labute approximate surface area is 194 Å². The zero-order chi connectivity index (χ0) is 22.9. The average molecular weight is 428 g/mol. The highest BCUT2D eigenvalue weighted by Crippen LogP contribution is 2.55. The van der Waals surface area contributed by atoms with Gasteiger partial charge in [-0.05, 0) is 87.0 Å². The highest BCUT2D eigenvalue weighted by atomic mass is 16.7. The van der Waals surface area contributed by atoms with Gasteiger partial charge in [-0.2, -0.15) is 0 Å². The normalized spacial score (nSPS) is 30.1. The van der Waals surface area contributed by atoms with Crippen molar-refractivity contribution in [3.63, 3.8) is 0 Å². The number of hydrogen-bond donors (Lipinski definition) is 0. The van der Waals surface area contributed by atoms with Crippen molar-refractivity contribution in [2.45, 2.75) is 84.3 Å². The van der Waals surface area contributed by atoms with E-state index in [9.17, 15) is 0 Å². The number of hydrogen-bond acceptors (Lipinski definition) is 2. The van der Waals surface area contributed by atoms with Crippen LogP contribution in [0.5, 0.6) is 0 Å². The van der Waals surface area contributed by atoms with E-state index >= 15 is 0 Å². The predicted molar refractivity (Wildman–Crippen MR) is 134 cm³/mol. The topological polar surface area (TPSA) is 18.5 Å². The lowest BCUT2D eigenvalue weighted by atomic mass is 9.62. The van der Waals surface area contributed by atoms with Gasteiger partial charge in [0.1, 0.15) is 0 Å². The van der Waals surface area contributed by atoms with Gasteiger partial charge in [0.05, 0.1) is 11.2 Å². The third-order valence-corrected chi connectivity index (χ3v) is 8.78. The van der Waals surface area contributed by atoms with Gasteiger partial charge in [0, 0.05) is 5.41 Å². The molecule has 0 aromatic heterocycles. The van der Waals surface area contributed by atoms with Crippen LogP contribution in [-0.4, -0.2) is 18.3 Å². The average Bonchev–Trinajstić information content (AvgIpc) is 3.15. The maximum atomic E-state index is 6.58. The van der Waals surface area contributed by atoms with Crippen LogP contribution in [0, 0.1) is 11.8 Å². The van der Waals surface area contributed by atoms with Crippen LogP contribution in [0.1, 0.15) is 78.9 Å². The molecule has 0 N–H and O–H groups in total. The van der Waals surface area contributed by atoms with Crippen molar-refractivity contribution in [3.05, 3.63) is 65.2 Å². The molecule has 2 aromatic rings. The molecule has 2 aliphatic carbocycles. The Balaban J connectivity index is 1.72. The minimum Gasteiger partial charge on any atom is -0.399 e. The summed E-state index contributed by atoms with van der Waals surface area (Å²) in [6.45, 7) is 15.7. The summed E-state index contributed by atoms with van der Waals surface area (Å²) < 4.78 is 13.2. The SMILES string of the molecule is CCC1CC(C2(C)c3ccccc3-c3cccc(B4OC(C)(C)C(C)(C)O4)c32)=CC(C)C1. The molecule has 2 aromatic carbocycles. The lowest BCUT2D eigenvalue weighted by Gasteiger charge is -2.38. The Morgan fingerprint density at radius 3 is 2.25 bits per heavy atom. The molecule has 1 aliphatic heterocycles. The van der Waals surface area contributed by atoms with Crippen LogP contribution < -0.4 is 5.46 Å². The first-order valence-electron chi connectivity index (χ1n) is 12.4. The maximum Gasteiger partial charge on any atom is 0.495 e. The van der Waals surface area contributed by atoms with Gasteiger partial charge < -0.3 is 9.31 Å². The minimum atomic E-state index is -0.354. The monoisotopic (exact) mass is 428 g/mol. The van der Waals surface area contributed by atoms with E-state index in [0.29, 0.717) is 5.92 Å². The molecule has 1 heterocycles.